The highest BCUT2D eigenvalue weighted by Crippen LogP contribution is 2.34. The second kappa shape index (κ2) is 5.64. The van der Waals surface area contributed by atoms with Gasteiger partial charge >= 0.3 is 0 Å². The zero-order chi connectivity index (χ0) is 15.0. The zero-order valence-corrected chi connectivity index (χ0v) is 12.9. The molecule has 0 atom stereocenters. The first-order valence-electron chi connectivity index (χ1n) is 6.12. The highest BCUT2D eigenvalue weighted by atomic mass is 35.5. The van der Waals surface area contributed by atoms with Crippen LogP contribution in [-0.4, -0.2) is 10.2 Å². The number of fused-ring (bicyclic) bond motifs is 1. The minimum atomic E-state index is -0.636. The summed E-state index contributed by atoms with van der Waals surface area (Å²) in [5.41, 5.74) is 2.10. The van der Waals surface area contributed by atoms with Crippen LogP contribution in [0.1, 0.15) is 10.4 Å². The number of para-hydroxylation sites is 1. The van der Waals surface area contributed by atoms with Crippen LogP contribution in [0.5, 0.6) is 0 Å². The number of hydrogen-bond donors (Lipinski definition) is 0. The molecule has 0 fully saturated rings. The lowest BCUT2D eigenvalue weighted by molar-refractivity contribution is 0.108. The van der Waals surface area contributed by atoms with Gasteiger partial charge < -0.3 is 0 Å². The summed E-state index contributed by atoms with van der Waals surface area (Å²) in [5.74, 6) is 0. The number of carbonyl (C=O) groups excluding carboxylic acids is 1. The molecule has 21 heavy (non-hydrogen) atoms. The van der Waals surface area contributed by atoms with Crippen molar-refractivity contribution >= 4 is 50.9 Å². The molecule has 1 aromatic heterocycles. The molecule has 0 saturated carbocycles. The topological polar surface area (TPSA) is 30.0 Å². The molecule has 0 aliphatic heterocycles. The molecule has 5 heteroatoms. The minimum Gasteiger partial charge on any atom is -0.275 e. The van der Waals surface area contributed by atoms with E-state index < -0.39 is 5.24 Å². The number of benzene rings is 2. The first kappa shape index (κ1) is 14.3. The van der Waals surface area contributed by atoms with Crippen molar-refractivity contribution in [3.63, 3.8) is 0 Å². The Hall–Kier alpha value is -1.61. The SMILES string of the molecule is O=C(Cl)c1c(-c2ccc(Cl)cc2)nc2ccccc2c1Cl. The van der Waals surface area contributed by atoms with Crippen molar-refractivity contribution in [1.29, 1.82) is 0 Å². The lowest BCUT2D eigenvalue weighted by Crippen LogP contribution is -1.99. The molecule has 0 spiro atoms. The summed E-state index contributed by atoms with van der Waals surface area (Å²) in [6, 6.07) is 14.3. The molecule has 2 aromatic carbocycles. The molecule has 0 aliphatic carbocycles. The highest BCUT2D eigenvalue weighted by Gasteiger charge is 2.19. The molecule has 0 unspecified atom stereocenters. The fraction of sp³-hybridized carbons (Fsp3) is 0. The molecule has 1 heterocycles. The maximum atomic E-state index is 11.8. The second-order valence-corrected chi connectivity index (χ2v) is 5.60. The lowest BCUT2D eigenvalue weighted by Gasteiger charge is -2.11. The average Bonchev–Trinajstić information content (AvgIpc) is 2.47. The molecule has 2 nitrogen and oxygen atoms in total. The van der Waals surface area contributed by atoms with Crippen LogP contribution in [0, 0.1) is 0 Å². The van der Waals surface area contributed by atoms with Crippen molar-refractivity contribution in [1.82, 2.24) is 4.98 Å². The van der Waals surface area contributed by atoms with E-state index in [0.29, 0.717) is 26.6 Å². The standard InChI is InChI=1S/C16H8Cl3NO/c17-10-7-5-9(6-8-10)15-13(16(19)21)14(18)11-3-1-2-4-12(11)20-15/h1-8H. The Morgan fingerprint density at radius 3 is 2.29 bits per heavy atom. The molecule has 3 rings (SSSR count). The molecule has 0 N–H and O–H groups in total. The number of aromatic nitrogens is 1. The summed E-state index contributed by atoms with van der Waals surface area (Å²) in [6.45, 7) is 0. The highest BCUT2D eigenvalue weighted by molar-refractivity contribution is 6.69. The number of carbonyl (C=O) groups is 1. The summed E-state index contributed by atoms with van der Waals surface area (Å²) >= 11 is 17.9. The van der Waals surface area contributed by atoms with E-state index in [2.05, 4.69) is 4.98 Å². The van der Waals surface area contributed by atoms with Gasteiger partial charge in [0.25, 0.3) is 5.24 Å². The molecule has 0 saturated heterocycles. The minimum absolute atomic E-state index is 0.208. The third-order valence-corrected chi connectivity index (χ3v) is 3.98. The van der Waals surface area contributed by atoms with E-state index in [1.165, 1.54) is 0 Å². The predicted octanol–water partition coefficient (Wildman–Crippen LogP) is 5.59. The molecule has 0 radical (unpaired) electrons. The summed E-state index contributed by atoms with van der Waals surface area (Å²) < 4.78 is 0. The third-order valence-electron chi connectivity index (χ3n) is 3.14. The van der Waals surface area contributed by atoms with Crippen LogP contribution in [0.25, 0.3) is 22.2 Å². The number of halogens is 3. The van der Waals surface area contributed by atoms with Gasteiger partial charge in [-0.25, -0.2) is 4.98 Å². The number of rotatable bonds is 2. The van der Waals surface area contributed by atoms with Gasteiger partial charge in [0.1, 0.15) is 0 Å². The molecule has 0 aliphatic rings. The molecule has 0 amide bonds. The maximum absolute atomic E-state index is 11.8. The van der Waals surface area contributed by atoms with Gasteiger partial charge in [0.2, 0.25) is 0 Å². The van der Waals surface area contributed by atoms with Crippen LogP contribution >= 0.6 is 34.8 Å². The van der Waals surface area contributed by atoms with E-state index >= 15 is 0 Å². The summed E-state index contributed by atoms with van der Waals surface area (Å²) in [6.07, 6.45) is 0. The van der Waals surface area contributed by atoms with E-state index in [1.54, 1.807) is 30.3 Å². The molecule has 0 bridgehead atoms. The Kier molecular flexibility index (Phi) is 3.85. The van der Waals surface area contributed by atoms with Gasteiger partial charge in [0.05, 0.1) is 21.8 Å². The summed E-state index contributed by atoms with van der Waals surface area (Å²) in [7, 11) is 0. The monoisotopic (exact) mass is 335 g/mol. The van der Waals surface area contributed by atoms with Crippen LogP contribution < -0.4 is 0 Å². The Morgan fingerprint density at radius 2 is 1.62 bits per heavy atom. The second-order valence-electron chi connectivity index (χ2n) is 4.45. The Bertz CT molecular complexity index is 844. The van der Waals surface area contributed by atoms with E-state index in [1.807, 2.05) is 18.2 Å². The van der Waals surface area contributed by atoms with Crippen molar-refractivity contribution in [2.75, 3.05) is 0 Å². The van der Waals surface area contributed by atoms with Crippen LogP contribution in [0.3, 0.4) is 0 Å². The van der Waals surface area contributed by atoms with Crippen LogP contribution in [-0.2, 0) is 0 Å². The van der Waals surface area contributed by atoms with Gasteiger partial charge in [-0.2, -0.15) is 0 Å². The lowest BCUT2D eigenvalue weighted by atomic mass is 10.0. The van der Waals surface area contributed by atoms with Crippen molar-refractivity contribution in [2.45, 2.75) is 0 Å². The first-order valence-corrected chi connectivity index (χ1v) is 7.25. The molecular formula is C16H8Cl3NO. The molecular weight excluding hydrogens is 329 g/mol. The first-order chi connectivity index (χ1) is 10.1. The van der Waals surface area contributed by atoms with Crippen molar-refractivity contribution in [3.8, 4) is 11.3 Å². The maximum Gasteiger partial charge on any atom is 0.256 e. The van der Waals surface area contributed by atoms with Gasteiger partial charge in [-0.3, -0.25) is 4.79 Å². The Morgan fingerprint density at radius 1 is 0.952 bits per heavy atom. The van der Waals surface area contributed by atoms with Gasteiger partial charge in [-0.1, -0.05) is 53.5 Å². The third kappa shape index (κ3) is 2.62. The predicted molar refractivity (Wildman–Crippen MR) is 87.4 cm³/mol. The van der Waals surface area contributed by atoms with E-state index in [0.717, 1.165) is 5.56 Å². The van der Waals surface area contributed by atoms with E-state index in [-0.39, 0.29) is 5.56 Å². The van der Waals surface area contributed by atoms with Gasteiger partial charge in [-0.05, 0) is 29.8 Å². The number of hydrogen-bond acceptors (Lipinski definition) is 2. The Labute approximate surface area is 136 Å². The zero-order valence-electron chi connectivity index (χ0n) is 10.6. The van der Waals surface area contributed by atoms with E-state index in [4.69, 9.17) is 34.8 Å². The average molecular weight is 337 g/mol. The smallest absolute Gasteiger partial charge is 0.256 e. The Balaban J connectivity index is 2.37. The van der Waals surface area contributed by atoms with Crippen LogP contribution in [0.4, 0.5) is 0 Å². The summed E-state index contributed by atoms with van der Waals surface area (Å²) in [5, 5.41) is 0.971. The van der Waals surface area contributed by atoms with Gasteiger partial charge in [0.15, 0.2) is 0 Å². The normalized spacial score (nSPS) is 10.8. The quantitative estimate of drug-likeness (QED) is 0.571. The summed E-state index contributed by atoms with van der Waals surface area (Å²) in [4.78, 5) is 16.3. The van der Waals surface area contributed by atoms with Gasteiger partial charge in [0, 0.05) is 16.0 Å². The fourth-order valence-corrected chi connectivity index (χ4v) is 2.86. The molecule has 104 valence electrons. The van der Waals surface area contributed by atoms with Crippen molar-refractivity contribution in [2.24, 2.45) is 0 Å². The van der Waals surface area contributed by atoms with E-state index in [9.17, 15) is 4.79 Å². The van der Waals surface area contributed by atoms with Crippen LogP contribution in [0.2, 0.25) is 10.0 Å². The number of pyridine rings is 1. The van der Waals surface area contributed by atoms with Crippen molar-refractivity contribution in [3.05, 3.63) is 64.1 Å². The largest absolute Gasteiger partial charge is 0.275 e. The van der Waals surface area contributed by atoms with Gasteiger partial charge in [-0.15, -0.1) is 0 Å². The number of nitrogens with zero attached hydrogens (tertiary/aromatic N) is 1. The van der Waals surface area contributed by atoms with Crippen molar-refractivity contribution < 1.29 is 4.79 Å². The van der Waals surface area contributed by atoms with Crippen LogP contribution in [0.15, 0.2) is 48.5 Å². The fourth-order valence-electron chi connectivity index (χ4n) is 2.17. The molecule has 3 aromatic rings.